The molecule has 1 aromatic rings. The van der Waals surface area contributed by atoms with Crippen LogP contribution in [0.3, 0.4) is 0 Å². The summed E-state index contributed by atoms with van der Waals surface area (Å²) < 4.78 is 13.4. The van der Waals surface area contributed by atoms with Gasteiger partial charge in [0.1, 0.15) is 5.82 Å². The van der Waals surface area contributed by atoms with E-state index in [1.54, 1.807) is 19.1 Å². The number of carbonyl (C=O) groups excluding carboxylic acids is 1. The Labute approximate surface area is 102 Å². The Morgan fingerprint density at radius 1 is 1.56 bits per heavy atom. The first kappa shape index (κ1) is 13.1. The maximum absolute atomic E-state index is 13.0. The lowest BCUT2D eigenvalue weighted by Gasteiger charge is -2.19. The van der Waals surface area contributed by atoms with E-state index in [1.165, 1.54) is 20.2 Å². The average molecular weight is 290 g/mol. The Balaban J connectivity index is 2.92. The topological polar surface area (TPSA) is 29.5 Å². The molecule has 0 aliphatic rings. The van der Waals surface area contributed by atoms with Crippen molar-refractivity contribution in [2.24, 2.45) is 0 Å². The summed E-state index contributed by atoms with van der Waals surface area (Å²) in [7, 11) is 2.96. The molecule has 0 spiro atoms. The summed E-state index contributed by atoms with van der Waals surface area (Å²) >= 11 is 3.09. The Morgan fingerprint density at radius 3 is 2.69 bits per heavy atom. The molecule has 0 N–H and O–H groups in total. The molecule has 5 heteroatoms. The van der Waals surface area contributed by atoms with Gasteiger partial charge in [-0.05, 0) is 40.5 Å². The first-order valence-corrected chi connectivity index (χ1v) is 5.53. The summed E-state index contributed by atoms with van der Waals surface area (Å²) in [6.45, 7) is 1.75. The zero-order valence-corrected chi connectivity index (χ0v) is 10.9. The zero-order chi connectivity index (χ0) is 12.3. The van der Waals surface area contributed by atoms with Gasteiger partial charge in [-0.2, -0.15) is 0 Å². The standard InChI is InChI=1S/C11H13BrFNO2/c1-7(11(15)14(2)16-3)8-4-5-10(13)9(12)6-8/h4-7H,1-3H3. The van der Waals surface area contributed by atoms with Gasteiger partial charge in [0.2, 0.25) is 0 Å². The minimum absolute atomic E-state index is 0.180. The van der Waals surface area contributed by atoms with Crippen LogP contribution in [-0.4, -0.2) is 25.1 Å². The van der Waals surface area contributed by atoms with Crippen LogP contribution in [0.4, 0.5) is 4.39 Å². The average Bonchev–Trinajstić information content (AvgIpc) is 2.29. The van der Waals surface area contributed by atoms with Crippen molar-refractivity contribution in [2.75, 3.05) is 14.2 Å². The molecule has 0 aliphatic heterocycles. The smallest absolute Gasteiger partial charge is 0.253 e. The third-order valence-electron chi connectivity index (χ3n) is 2.40. The number of rotatable bonds is 3. The number of benzene rings is 1. The lowest BCUT2D eigenvalue weighted by atomic mass is 10.0. The molecule has 0 bridgehead atoms. The normalized spacial score (nSPS) is 12.3. The largest absolute Gasteiger partial charge is 0.275 e. The van der Waals surface area contributed by atoms with Gasteiger partial charge in [0.15, 0.2) is 0 Å². The van der Waals surface area contributed by atoms with E-state index in [9.17, 15) is 9.18 Å². The van der Waals surface area contributed by atoms with E-state index >= 15 is 0 Å². The number of likely N-dealkylation sites (N-methyl/N-ethyl adjacent to an activating group) is 1. The molecule has 1 atom stereocenters. The lowest BCUT2D eigenvalue weighted by molar-refractivity contribution is -0.170. The van der Waals surface area contributed by atoms with Gasteiger partial charge < -0.3 is 0 Å². The molecule has 88 valence electrons. The van der Waals surface area contributed by atoms with E-state index in [4.69, 9.17) is 4.84 Å². The van der Waals surface area contributed by atoms with Crippen LogP contribution in [-0.2, 0) is 9.63 Å². The first-order valence-electron chi connectivity index (χ1n) is 4.74. The predicted molar refractivity (Wildman–Crippen MR) is 62.3 cm³/mol. The number of hydroxylamine groups is 2. The molecule has 0 aromatic heterocycles. The van der Waals surface area contributed by atoms with Crippen LogP contribution in [0.25, 0.3) is 0 Å². The Hall–Kier alpha value is -0.940. The number of carbonyl (C=O) groups is 1. The molecule has 0 radical (unpaired) electrons. The minimum Gasteiger partial charge on any atom is -0.275 e. The van der Waals surface area contributed by atoms with Crippen LogP contribution >= 0.6 is 15.9 Å². The molecule has 0 saturated heterocycles. The molecule has 1 amide bonds. The molecule has 3 nitrogen and oxygen atoms in total. The molecule has 0 saturated carbocycles. The fourth-order valence-electron chi connectivity index (χ4n) is 1.29. The number of hydrogen-bond donors (Lipinski definition) is 0. The number of halogens is 2. The summed E-state index contributed by atoms with van der Waals surface area (Å²) in [6, 6.07) is 4.52. The summed E-state index contributed by atoms with van der Waals surface area (Å²) in [5.41, 5.74) is 0.738. The maximum atomic E-state index is 13.0. The highest BCUT2D eigenvalue weighted by Crippen LogP contribution is 2.23. The summed E-state index contributed by atoms with van der Waals surface area (Å²) in [4.78, 5) is 16.6. The van der Waals surface area contributed by atoms with Crippen molar-refractivity contribution >= 4 is 21.8 Å². The highest BCUT2D eigenvalue weighted by Gasteiger charge is 2.20. The second kappa shape index (κ2) is 5.41. The van der Waals surface area contributed by atoms with E-state index in [1.807, 2.05) is 0 Å². The molecule has 0 fully saturated rings. The van der Waals surface area contributed by atoms with Crippen LogP contribution in [0, 0.1) is 5.82 Å². The maximum Gasteiger partial charge on any atom is 0.253 e. The van der Waals surface area contributed by atoms with Crippen LogP contribution in [0.1, 0.15) is 18.4 Å². The summed E-state index contributed by atoms with van der Waals surface area (Å²) in [5, 5.41) is 1.15. The van der Waals surface area contributed by atoms with Gasteiger partial charge >= 0.3 is 0 Å². The number of hydrogen-bond acceptors (Lipinski definition) is 2. The fourth-order valence-corrected chi connectivity index (χ4v) is 1.68. The number of amides is 1. The summed E-state index contributed by atoms with van der Waals surface area (Å²) in [5.74, 6) is -0.897. The molecular formula is C11H13BrFNO2. The van der Waals surface area contributed by atoms with E-state index in [0.717, 1.165) is 10.6 Å². The van der Waals surface area contributed by atoms with E-state index in [0.29, 0.717) is 4.47 Å². The van der Waals surface area contributed by atoms with Crippen molar-refractivity contribution < 1.29 is 14.0 Å². The number of nitrogens with zero attached hydrogens (tertiary/aromatic N) is 1. The monoisotopic (exact) mass is 289 g/mol. The highest BCUT2D eigenvalue weighted by atomic mass is 79.9. The van der Waals surface area contributed by atoms with Crippen LogP contribution in [0.5, 0.6) is 0 Å². The third-order valence-corrected chi connectivity index (χ3v) is 3.01. The van der Waals surface area contributed by atoms with Crippen molar-refractivity contribution in [2.45, 2.75) is 12.8 Å². The van der Waals surface area contributed by atoms with Crippen molar-refractivity contribution in [3.8, 4) is 0 Å². The van der Waals surface area contributed by atoms with Crippen molar-refractivity contribution in [1.29, 1.82) is 0 Å². The molecule has 0 aliphatic carbocycles. The quantitative estimate of drug-likeness (QED) is 0.801. The van der Waals surface area contributed by atoms with Crippen molar-refractivity contribution in [3.63, 3.8) is 0 Å². The van der Waals surface area contributed by atoms with E-state index in [-0.39, 0.29) is 17.6 Å². The van der Waals surface area contributed by atoms with Gasteiger partial charge in [0.05, 0.1) is 17.5 Å². The molecular weight excluding hydrogens is 277 g/mol. The van der Waals surface area contributed by atoms with Gasteiger partial charge in [-0.1, -0.05) is 6.07 Å². The summed E-state index contributed by atoms with van der Waals surface area (Å²) in [6.07, 6.45) is 0. The Bertz CT molecular complexity index is 398. The van der Waals surface area contributed by atoms with E-state index < -0.39 is 0 Å². The van der Waals surface area contributed by atoms with Crippen LogP contribution in [0.2, 0.25) is 0 Å². The third kappa shape index (κ3) is 2.80. The zero-order valence-electron chi connectivity index (χ0n) is 9.33. The Morgan fingerprint density at radius 2 is 2.19 bits per heavy atom. The highest BCUT2D eigenvalue weighted by molar-refractivity contribution is 9.10. The van der Waals surface area contributed by atoms with Crippen molar-refractivity contribution in [1.82, 2.24) is 5.06 Å². The minimum atomic E-state index is -0.373. The fraction of sp³-hybridized carbons (Fsp3) is 0.364. The van der Waals surface area contributed by atoms with Gasteiger partial charge in [-0.25, -0.2) is 9.45 Å². The molecule has 1 rings (SSSR count). The van der Waals surface area contributed by atoms with Gasteiger partial charge in [0, 0.05) is 7.05 Å². The van der Waals surface area contributed by atoms with E-state index in [2.05, 4.69) is 15.9 Å². The van der Waals surface area contributed by atoms with Gasteiger partial charge in [-0.15, -0.1) is 0 Å². The molecule has 1 unspecified atom stereocenters. The Kier molecular flexibility index (Phi) is 4.44. The molecule has 16 heavy (non-hydrogen) atoms. The van der Waals surface area contributed by atoms with Crippen LogP contribution in [0.15, 0.2) is 22.7 Å². The lowest BCUT2D eigenvalue weighted by Crippen LogP contribution is -2.29. The second-order valence-electron chi connectivity index (χ2n) is 3.41. The predicted octanol–water partition coefficient (Wildman–Crippen LogP) is 2.71. The van der Waals surface area contributed by atoms with Crippen LogP contribution < -0.4 is 0 Å². The molecule has 0 heterocycles. The van der Waals surface area contributed by atoms with Gasteiger partial charge in [-0.3, -0.25) is 9.63 Å². The first-order chi connectivity index (χ1) is 7.47. The second-order valence-corrected chi connectivity index (χ2v) is 4.27. The van der Waals surface area contributed by atoms with Crippen molar-refractivity contribution in [3.05, 3.63) is 34.1 Å². The molecule has 1 aromatic carbocycles. The SMILES string of the molecule is CON(C)C(=O)C(C)c1ccc(F)c(Br)c1. The van der Waals surface area contributed by atoms with Gasteiger partial charge in [0.25, 0.3) is 5.91 Å².